The number of nitriles is 1. The maximum Gasteiger partial charge on any atom is 0.240 e. The number of carbonyl (C=O) groups excluding carboxylic acids is 1. The zero-order valence-electron chi connectivity index (χ0n) is 15.0. The Morgan fingerprint density at radius 2 is 1.88 bits per heavy atom. The van der Waals surface area contributed by atoms with Gasteiger partial charge in [0.05, 0.1) is 30.8 Å². The number of hydrogen-bond acceptors (Lipinski definition) is 5. The van der Waals surface area contributed by atoms with Crippen LogP contribution in [0.4, 0.5) is 0 Å². The monoisotopic (exact) mass is 355 g/mol. The van der Waals surface area contributed by atoms with Crippen LogP contribution >= 0.6 is 0 Å². The molecule has 0 N–H and O–H groups in total. The molecular formula is C20H25N3O3. The summed E-state index contributed by atoms with van der Waals surface area (Å²) in [5.74, 6) is 1.01. The fourth-order valence-electron chi connectivity index (χ4n) is 4.21. The van der Waals surface area contributed by atoms with Gasteiger partial charge < -0.3 is 14.4 Å². The summed E-state index contributed by atoms with van der Waals surface area (Å²) in [6, 6.07) is 9.75. The molecule has 6 nitrogen and oxygen atoms in total. The largest absolute Gasteiger partial charge is 0.487 e. The first-order valence-corrected chi connectivity index (χ1v) is 9.53. The van der Waals surface area contributed by atoms with E-state index in [4.69, 9.17) is 14.7 Å². The molecule has 1 amide bonds. The highest BCUT2D eigenvalue weighted by Gasteiger charge is 2.42. The lowest BCUT2D eigenvalue weighted by Crippen LogP contribution is -2.61. The van der Waals surface area contributed by atoms with Gasteiger partial charge in [0.25, 0.3) is 0 Å². The molecule has 3 fully saturated rings. The molecule has 4 rings (SSSR count). The molecular weight excluding hydrogens is 330 g/mol. The van der Waals surface area contributed by atoms with E-state index in [0.29, 0.717) is 24.7 Å². The van der Waals surface area contributed by atoms with Crippen molar-refractivity contribution < 1.29 is 14.3 Å². The van der Waals surface area contributed by atoms with Crippen LogP contribution in [0.1, 0.15) is 31.2 Å². The third-order valence-corrected chi connectivity index (χ3v) is 5.68. The van der Waals surface area contributed by atoms with E-state index in [1.54, 1.807) is 12.1 Å². The van der Waals surface area contributed by atoms with Crippen LogP contribution in [-0.2, 0) is 9.53 Å². The summed E-state index contributed by atoms with van der Waals surface area (Å²) in [6.45, 7) is 3.95. The zero-order valence-corrected chi connectivity index (χ0v) is 15.0. The van der Waals surface area contributed by atoms with E-state index >= 15 is 0 Å². The van der Waals surface area contributed by atoms with Gasteiger partial charge in [-0.1, -0.05) is 0 Å². The van der Waals surface area contributed by atoms with Gasteiger partial charge in [0.1, 0.15) is 11.9 Å². The van der Waals surface area contributed by atoms with Crippen LogP contribution in [0.5, 0.6) is 5.75 Å². The first kappa shape index (κ1) is 17.3. The number of ether oxygens (including phenoxy) is 2. The first-order valence-electron chi connectivity index (χ1n) is 9.53. The average Bonchev–Trinajstić information content (AvgIpc) is 3.15. The van der Waals surface area contributed by atoms with Crippen molar-refractivity contribution in [1.82, 2.24) is 9.80 Å². The predicted molar refractivity (Wildman–Crippen MR) is 95.7 cm³/mol. The summed E-state index contributed by atoms with van der Waals surface area (Å²) in [5.41, 5.74) is 0.622. The highest BCUT2D eigenvalue weighted by Crippen LogP contribution is 2.28. The number of rotatable bonds is 4. The number of likely N-dealkylation sites (tertiary alicyclic amines) is 2. The Morgan fingerprint density at radius 1 is 1.15 bits per heavy atom. The first-order chi connectivity index (χ1) is 12.7. The highest BCUT2D eigenvalue weighted by atomic mass is 16.5. The lowest BCUT2D eigenvalue weighted by Gasteiger charge is -2.43. The van der Waals surface area contributed by atoms with Crippen molar-refractivity contribution >= 4 is 5.91 Å². The molecule has 1 aromatic carbocycles. The van der Waals surface area contributed by atoms with E-state index in [2.05, 4.69) is 11.0 Å². The minimum atomic E-state index is 0.0361. The molecule has 0 bridgehead atoms. The molecule has 26 heavy (non-hydrogen) atoms. The zero-order chi connectivity index (χ0) is 17.9. The SMILES string of the molecule is N#Cc1ccc(OC2CN(C(=O)C3CCCN3C3CCOCC3)C2)cc1. The van der Waals surface area contributed by atoms with Gasteiger partial charge in [0, 0.05) is 19.3 Å². The molecule has 0 aromatic heterocycles. The molecule has 3 saturated heterocycles. The highest BCUT2D eigenvalue weighted by molar-refractivity contribution is 5.83. The Balaban J connectivity index is 1.29. The van der Waals surface area contributed by atoms with Crippen LogP contribution in [-0.4, -0.2) is 66.7 Å². The molecule has 138 valence electrons. The van der Waals surface area contributed by atoms with Crippen LogP contribution in [0.3, 0.4) is 0 Å². The predicted octanol–water partition coefficient (Wildman–Crippen LogP) is 1.79. The number of hydrogen-bond donors (Lipinski definition) is 0. The number of nitrogens with zero attached hydrogens (tertiary/aromatic N) is 3. The molecule has 3 aliphatic heterocycles. The van der Waals surface area contributed by atoms with Gasteiger partial charge in [-0.25, -0.2) is 0 Å². The van der Waals surface area contributed by atoms with E-state index in [9.17, 15) is 4.79 Å². The van der Waals surface area contributed by atoms with E-state index in [1.807, 2.05) is 17.0 Å². The molecule has 3 aliphatic rings. The van der Waals surface area contributed by atoms with E-state index in [0.717, 1.165) is 51.2 Å². The number of amides is 1. The quantitative estimate of drug-likeness (QED) is 0.824. The van der Waals surface area contributed by atoms with Gasteiger partial charge in [-0.2, -0.15) is 5.26 Å². The maximum absolute atomic E-state index is 12.9. The second kappa shape index (κ2) is 7.65. The minimum Gasteiger partial charge on any atom is -0.487 e. The maximum atomic E-state index is 12.9. The van der Waals surface area contributed by atoms with Gasteiger partial charge in [-0.15, -0.1) is 0 Å². The van der Waals surface area contributed by atoms with Gasteiger partial charge in [-0.3, -0.25) is 9.69 Å². The fraction of sp³-hybridized carbons (Fsp3) is 0.600. The molecule has 0 spiro atoms. The minimum absolute atomic E-state index is 0.0361. The van der Waals surface area contributed by atoms with Crippen LogP contribution < -0.4 is 4.74 Å². The molecule has 1 atom stereocenters. The Bertz CT molecular complexity index is 673. The van der Waals surface area contributed by atoms with Crippen molar-refractivity contribution in [2.75, 3.05) is 32.8 Å². The van der Waals surface area contributed by atoms with Crippen molar-refractivity contribution in [2.45, 2.75) is 43.9 Å². The molecule has 0 aliphatic carbocycles. The smallest absolute Gasteiger partial charge is 0.240 e. The Labute approximate surface area is 154 Å². The Morgan fingerprint density at radius 3 is 2.58 bits per heavy atom. The van der Waals surface area contributed by atoms with E-state index in [1.165, 1.54) is 0 Å². The molecule has 1 unspecified atom stereocenters. The molecule has 0 radical (unpaired) electrons. The summed E-state index contributed by atoms with van der Waals surface area (Å²) in [5, 5.41) is 8.84. The molecule has 3 heterocycles. The van der Waals surface area contributed by atoms with Crippen molar-refractivity contribution in [3.63, 3.8) is 0 Å². The van der Waals surface area contributed by atoms with Crippen LogP contribution in [0.25, 0.3) is 0 Å². The van der Waals surface area contributed by atoms with Crippen LogP contribution in [0, 0.1) is 11.3 Å². The standard InChI is InChI=1S/C20H25N3O3/c21-12-15-3-5-17(6-4-15)26-18-13-22(14-18)20(24)19-2-1-9-23(19)16-7-10-25-11-8-16/h3-6,16,18-19H,1-2,7-11,13-14H2. The number of carbonyl (C=O) groups is 1. The van der Waals surface area contributed by atoms with Crippen molar-refractivity contribution in [3.8, 4) is 11.8 Å². The second-order valence-electron chi connectivity index (χ2n) is 7.36. The lowest BCUT2D eigenvalue weighted by molar-refractivity contribution is -0.146. The second-order valence-corrected chi connectivity index (χ2v) is 7.36. The van der Waals surface area contributed by atoms with Crippen LogP contribution in [0.2, 0.25) is 0 Å². The van der Waals surface area contributed by atoms with Crippen molar-refractivity contribution in [3.05, 3.63) is 29.8 Å². The molecule has 6 heteroatoms. The lowest BCUT2D eigenvalue weighted by atomic mass is 10.0. The van der Waals surface area contributed by atoms with E-state index < -0.39 is 0 Å². The summed E-state index contributed by atoms with van der Waals surface area (Å²) in [4.78, 5) is 17.3. The van der Waals surface area contributed by atoms with Crippen molar-refractivity contribution in [2.24, 2.45) is 0 Å². The number of benzene rings is 1. The van der Waals surface area contributed by atoms with Crippen LogP contribution in [0.15, 0.2) is 24.3 Å². The van der Waals surface area contributed by atoms with E-state index in [-0.39, 0.29) is 18.1 Å². The third-order valence-electron chi connectivity index (χ3n) is 5.68. The summed E-state index contributed by atoms with van der Waals surface area (Å²) in [6.07, 6.45) is 4.19. The average molecular weight is 355 g/mol. The Kier molecular flexibility index (Phi) is 5.09. The van der Waals surface area contributed by atoms with Crippen molar-refractivity contribution in [1.29, 1.82) is 5.26 Å². The van der Waals surface area contributed by atoms with Gasteiger partial charge in [0.2, 0.25) is 5.91 Å². The molecule has 1 aromatic rings. The van der Waals surface area contributed by atoms with Gasteiger partial charge in [0.15, 0.2) is 0 Å². The summed E-state index contributed by atoms with van der Waals surface area (Å²) < 4.78 is 11.4. The Hall–Kier alpha value is -2.10. The summed E-state index contributed by atoms with van der Waals surface area (Å²) >= 11 is 0. The molecule has 0 saturated carbocycles. The van der Waals surface area contributed by atoms with Gasteiger partial charge >= 0.3 is 0 Å². The summed E-state index contributed by atoms with van der Waals surface area (Å²) in [7, 11) is 0. The van der Waals surface area contributed by atoms with Gasteiger partial charge in [-0.05, 0) is 56.5 Å². The fourth-order valence-corrected chi connectivity index (χ4v) is 4.21. The third kappa shape index (κ3) is 3.55. The topological polar surface area (TPSA) is 65.8 Å². The normalized spacial score (nSPS) is 24.9.